The van der Waals surface area contributed by atoms with E-state index in [2.05, 4.69) is 0 Å². The van der Waals surface area contributed by atoms with Gasteiger partial charge in [0.1, 0.15) is 0 Å². The lowest BCUT2D eigenvalue weighted by Gasteiger charge is -2.48. The number of anilines is 1. The summed E-state index contributed by atoms with van der Waals surface area (Å²) in [6, 6.07) is 19.4. The van der Waals surface area contributed by atoms with Gasteiger partial charge in [-0.1, -0.05) is 48.5 Å². The summed E-state index contributed by atoms with van der Waals surface area (Å²) in [7, 11) is 0. The van der Waals surface area contributed by atoms with Gasteiger partial charge in [0.05, 0.1) is 18.1 Å². The maximum Gasteiger partial charge on any atom is 0.235 e. The van der Waals surface area contributed by atoms with Crippen molar-refractivity contribution in [3.05, 3.63) is 66.2 Å². The van der Waals surface area contributed by atoms with Crippen LogP contribution >= 0.6 is 0 Å². The summed E-state index contributed by atoms with van der Waals surface area (Å²) in [5, 5.41) is 9.89. The third-order valence-corrected chi connectivity index (χ3v) is 3.84. The Balaban J connectivity index is 2.00. The topological polar surface area (TPSA) is 40.5 Å². The molecule has 20 heavy (non-hydrogen) atoms. The van der Waals surface area contributed by atoms with Gasteiger partial charge in [-0.3, -0.25) is 4.79 Å². The van der Waals surface area contributed by atoms with Crippen LogP contribution in [0.15, 0.2) is 60.7 Å². The Hall–Kier alpha value is -2.13. The third-order valence-electron chi connectivity index (χ3n) is 3.84. The van der Waals surface area contributed by atoms with Crippen LogP contribution in [0.25, 0.3) is 0 Å². The van der Waals surface area contributed by atoms with Crippen LogP contribution in [0.4, 0.5) is 5.69 Å². The molecule has 1 heterocycles. The van der Waals surface area contributed by atoms with Gasteiger partial charge in [-0.05, 0) is 24.6 Å². The average molecular weight is 267 g/mol. The zero-order valence-electron chi connectivity index (χ0n) is 11.3. The normalized spacial score (nSPS) is 23.3. The van der Waals surface area contributed by atoms with Crippen LogP contribution < -0.4 is 4.90 Å². The minimum atomic E-state index is -0.646. The third kappa shape index (κ3) is 2.00. The Morgan fingerprint density at radius 3 is 2.10 bits per heavy atom. The summed E-state index contributed by atoms with van der Waals surface area (Å²) in [5.74, 6) is -0.377. The molecular formula is C17H17NO2. The molecule has 1 fully saturated rings. The fourth-order valence-corrected chi connectivity index (χ4v) is 2.86. The van der Waals surface area contributed by atoms with Gasteiger partial charge in [-0.15, -0.1) is 0 Å². The Labute approximate surface area is 118 Å². The van der Waals surface area contributed by atoms with E-state index >= 15 is 0 Å². The van der Waals surface area contributed by atoms with Crippen LogP contribution in [0.5, 0.6) is 0 Å². The summed E-state index contributed by atoms with van der Waals surface area (Å²) >= 11 is 0. The number of aliphatic hydroxyl groups excluding tert-OH is 1. The van der Waals surface area contributed by atoms with Gasteiger partial charge in [0.25, 0.3) is 0 Å². The van der Waals surface area contributed by atoms with Crippen molar-refractivity contribution in [2.75, 3.05) is 4.90 Å². The Kier molecular flexibility index (Phi) is 3.28. The van der Waals surface area contributed by atoms with Crippen molar-refractivity contribution in [3.63, 3.8) is 0 Å². The molecule has 0 unspecified atom stereocenters. The van der Waals surface area contributed by atoms with Crippen molar-refractivity contribution in [1.82, 2.24) is 0 Å². The molecule has 2 aromatic rings. The maximum absolute atomic E-state index is 12.4. The van der Waals surface area contributed by atoms with Crippen molar-refractivity contribution >= 4 is 11.6 Å². The van der Waals surface area contributed by atoms with E-state index in [0.29, 0.717) is 0 Å². The number of β-lactam (4-membered cyclic amide) rings is 1. The molecular weight excluding hydrogens is 250 g/mol. The number of carbonyl (C=O) groups excluding carboxylic acids is 1. The molecule has 0 spiro atoms. The predicted molar refractivity (Wildman–Crippen MR) is 78.3 cm³/mol. The van der Waals surface area contributed by atoms with E-state index < -0.39 is 6.10 Å². The highest BCUT2D eigenvalue weighted by atomic mass is 16.3. The summed E-state index contributed by atoms with van der Waals surface area (Å²) in [6.07, 6.45) is -0.646. The van der Waals surface area contributed by atoms with Crippen molar-refractivity contribution in [2.45, 2.75) is 19.1 Å². The number of amides is 1. The Morgan fingerprint density at radius 2 is 1.55 bits per heavy atom. The minimum absolute atomic E-state index is 0.0138. The standard InChI is InChI=1S/C17H17NO2/c1-12(19)15-16(13-8-4-2-5-9-13)18(17(15)20)14-10-6-3-7-11-14/h2-12,15-16,19H,1H3/t12-,15+,16+/m1/s1. The number of para-hydroxylation sites is 1. The smallest absolute Gasteiger partial charge is 0.235 e. The molecule has 1 aliphatic rings. The minimum Gasteiger partial charge on any atom is -0.392 e. The molecule has 0 aliphatic carbocycles. The van der Waals surface area contributed by atoms with Crippen molar-refractivity contribution in [3.8, 4) is 0 Å². The molecule has 3 atom stereocenters. The van der Waals surface area contributed by atoms with E-state index in [1.165, 1.54) is 0 Å². The fraction of sp³-hybridized carbons (Fsp3) is 0.235. The molecule has 1 aliphatic heterocycles. The predicted octanol–water partition coefficient (Wildman–Crippen LogP) is 2.77. The summed E-state index contributed by atoms with van der Waals surface area (Å²) < 4.78 is 0. The number of aliphatic hydroxyl groups is 1. The van der Waals surface area contributed by atoms with Crippen molar-refractivity contribution in [2.24, 2.45) is 5.92 Å². The molecule has 3 rings (SSSR count). The average Bonchev–Trinajstić information content (AvgIpc) is 2.46. The molecule has 1 amide bonds. The zero-order chi connectivity index (χ0) is 14.1. The monoisotopic (exact) mass is 267 g/mol. The fourth-order valence-electron chi connectivity index (χ4n) is 2.86. The Morgan fingerprint density at radius 1 is 1.00 bits per heavy atom. The SMILES string of the molecule is C[C@@H](O)[C@@H]1C(=O)N(c2ccccc2)[C@H]1c1ccccc1. The first-order chi connectivity index (χ1) is 9.70. The highest BCUT2D eigenvalue weighted by Gasteiger charge is 2.50. The first-order valence-electron chi connectivity index (χ1n) is 6.81. The van der Waals surface area contributed by atoms with E-state index in [0.717, 1.165) is 11.3 Å². The van der Waals surface area contributed by atoms with Crippen molar-refractivity contribution < 1.29 is 9.90 Å². The van der Waals surface area contributed by atoms with Crippen LogP contribution in [-0.2, 0) is 4.79 Å². The van der Waals surface area contributed by atoms with E-state index in [4.69, 9.17) is 0 Å². The first-order valence-corrected chi connectivity index (χ1v) is 6.81. The second-order valence-corrected chi connectivity index (χ2v) is 5.17. The van der Waals surface area contributed by atoms with Crippen LogP contribution in [0.2, 0.25) is 0 Å². The number of hydrogen-bond acceptors (Lipinski definition) is 2. The number of benzene rings is 2. The second-order valence-electron chi connectivity index (χ2n) is 5.17. The molecule has 0 radical (unpaired) electrons. The van der Waals surface area contributed by atoms with Crippen LogP contribution in [0, 0.1) is 5.92 Å². The zero-order valence-corrected chi connectivity index (χ0v) is 11.3. The van der Waals surface area contributed by atoms with Gasteiger partial charge in [0, 0.05) is 5.69 Å². The number of nitrogens with zero attached hydrogens (tertiary/aromatic N) is 1. The van der Waals surface area contributed by atoms with Gasteiger partial charge >= 0.3 is 0 Å². The lowest BCUT2D eigenvalue weighted by atomic mass is 9.79. The quantitative estimate of drug-likeness (QED) is 0.869. The van der Waals surface area contributed by atoms with Gasteiger partial charge in [-0.25, -0.2) is 0 Å². The highest BCUT2D eigenvalue weighted by Crippen LogP contribution is 2.44. The molecule has 102 valence electrons. The van der Waals surface area contributed by atoms with Gasteiger partial charge in [0.15, 0.2) is 0 Å². The molecule has 3 nitrogen and oxygen atoms in total. The number of rotatable bonds is 3. The summed E-state index contributed by atoms with van der Waals surface area (Å²) in [4.78, 5) is 14.1. The molecule has 0 bridgehead atoms. The highest BCUT2D eigenvalue weighted by molar-refractivity contribution is 6.03. The van der Waals surface area contributed by atoms with E-state index in [1.807, 2.05) is 60.7 Å². The number of hydrogen-bond donors (Lipinski definition) is 1. The van der Waals surface area contributed by atoms with E-state index in [9.17, 15) is 9.90 Å². The van der Waals surface area contributed by atoms with Gasteiger partial charge in [-0.2, -0.15) is 0 Å². The van der Waals surface area contributed by atoms with Crippen molar-refractivity contribution in [1.29, 1.82) is 0 Å². The van der Waals surface area contributed by atoms with E-state index in [-0.39, 0.29) is 17.9 Å². The van der Waals surface area contributed by atoms with Crippen LogP contribution in [0.3, 0.4) is 0 Å². The van der Waals surface area contributed by atoms with Crippen LogP contribution in [0.1, 0.15) is 18.5 Å². The first kappa shape index (κ1) is 12.9. The number of carbonyl (C=O) groups is 1. The molecule has 2 aromatic carbocycles. The largest absolute Gasteiger partial charge is 0.392 e. The maximum atomic E-state index is 12.4. The summed E-state index contributed by atoms with van der Waals surface area (Å²) in [6.45, 7) is 1.68. The van der Waals surface area contributed by atoms with Gasteiger partial charge in [0.2, 0.25) is 5.91 Å². The molecule has 0 saturated carbocycles. The molecule has 1 saturated heterocycles. The van der Waals surface area contributed by atoms with E-state index in [1.54, 1.807) is 11.8 Å². The molecule has 3 heteroatoms. The molecule has 0 aromatic heterocycles. The lowest BCUT2D eigenvalue weighted by Crippen LogP contribution is -2.58. The van der Waals surface area contributed by atoms with Crippen LogP contribution in [-0.4, -0.2) is 17.1 Å². The summed E-state index contributed by atoms with van der Waals surface area (Å²) in [5.41, 5.74) is 1.94. The molecule has 1 N–H and O–H groups in total. The van der Waals surface area contributed by atoms with Gasteiger partial charge < -0.3 is 10.0 Å². The Bertz CT molecular complexity index is 595. The lowest BCUT2D eigenvalue weighted by molar-refractivity contribution is -0.135. The second kappa shape index (κ2) is 5.10.